The number of aromatic nitrogens is 2. The number of hydrogen-bond donors (Lipinski definition) is 3. The number of alkyl halides is 3. The molecule has 0 fully saturated rings. The molecule has 0 radical (unpaired) electrons. The molecule has 4 rings (SSSR count). The van der Waals surface area contributed by atoms with E-state index in [0.717, 1.165) is 17.0 Å². The second-order valence-corrected chi connectivity index (χ2v) is 11.0. The molecule has 3 N–H and O–H groups in total. The molecule has 40 heavy (non-hydrogen) atoms. The summed E-state index contributed by atoms with van der Waals surface area (Å²) in [4.78, 5) is 13.1. The van der Waals surface area contributed by atoms with E-state index in [1.54, 1.807) is 18.2 Å². The number of benzene rings is 3. The second-order valence-electron chi connectivity index (χ2n) is 8.97. The fraction of sp³-hybridized carbons (Fsp3) is 0.154. The average molecular weight is 574 g/mol. The first-order valence-corrected chi connectivity index (χ1v) is 13.7. The number of rotatable bonds is 8. The first kappa shape index (κ1) is 29.0. The molecule has 0 aliphatic rings. The molecule has 4 aromatic rings. The van der Waals surface area contributed by atoms with Crippen molar-refractivity contribution in [1.82, 2.24) is 15.0 Å². The van der Waals surface area contributed by atoms with E-state index in [9.17, 15) is 31.4 Å². The summed E-state index contributed by atoms with van der Waals surface area (Å²) < 4.78 is 80.7. The lowest BCUT2D eigenvalue weighted by atomic mass is 9.88. The quantitative estimate of drug-likeness (QED) is 0.210. The van der Waals surface area contributed by atoms with Gasteiger partial charge in [0.15, 0.2) is 15.5 Å². The van der Waals surface area contributed by atoms with Crippen LogP contribution in [0.15, 0.2) is 77.7 Å². The predicted molar refractivity (Wildman–Crippen MR) is 142 cm³/mol. The van der Waals surface area contributed by atoms with Crippen molar-refractivity contribution in [2.24, 2.45) is 0 Å². The molecule has 0 spiro atoms. The van der Waals surface area contributed by atoms with Crippen LogP contribution in [0.4, 0.5) is 23.2 Å². The van der Waals surface area contributed by atoms with Crippen LogP contribution in [0.2, 0.25) is 6.82 Å². The van der Waals surface area contributed by atoms with Crippen molar-refractivity contribution in [2.45, 2.75) is 24.4 Å². The van der Waals surface area contributed by atoms with E-state index in [1.807, 2.05) is 0 Å². The molecular weight excluding hydrogens is 551 g/mol. The summed E-state index contributed by atoms with van der Waals surface area (Å²) in [5, 5.41) is 18.0. The Morgan fingerprint density at radius 1 is 1.05 bits per heavy atom. The number of nitrogens with zero attached hydrogens (tertiary/aromatic N) is 2. The number of hydrogen-bond acceptors (Lipinski definition) is 6. The van der Waals surface area contributed by atoms with Crippen LogP contribution in [0.5, 0.6) is 0 Å². The summed E-state index contributed by atoms with van der Waals surface area (Å²) >= 11 is 0. The fourth-order valence-electron chi connectivity index (χ4n) is 3.94. The average Bonchev–Trinajstić information content (AvgIpc) is 3.35. The van der Waals surface area contributed by atoms with E-state index in [2.05, 4.69) is 15.6 Å². The van der Waals surface area contributed by atoms with Gasteiger partial charge in [0.2, 0.25) is 0 Å². The number of carbonyl (C=O) groups is 1. The lowest BCUT2D eigenvalue weighted by Gasteiger charge is -2.12. The van der Waals surface area contributed by atoms with E-state index in [-0.39, 0.29) is 33.9 Å². The van der Waals surface area contributed by atoms with Gasteiger partial charge in [0.1, 0.15) is 11.5 Å². The zero-order chi connectivity index (χ0) is 29.2. The maximum absolute atomic E-state index is 15.1. The molecule has 14 heteroatoms. The highest BCUT2D eigenvalue weighted by Gasteiger charge is 2.36. The highest BCUT2D eigenvalue weighted by molar-refractivity contribution is 7.90. The van der Waals surface area contributed by atoms with Gasteiger partial charge in [0, 0.05) is 24.4 Å². The number of amides is 1. The Labute approximate surface area is 227 Å². The zero-order valence-corrected chi connectivity index (χ0v) is 22.0. The van der Waals surface area contributed by atoms with Crippen LogP contribution in [0, 0.1) is 5.82 Å². The molecule has 0 bridgehead atoms. The molecule has 0 aliphatic carbocycles. The SMILES string of the molecule is CB(O)NCc1cccc(-n2nc(C(F)(F)F)cc2C(=O)Nc2ccc(-c3ccccc3S(C)(=O)=O)cc2F)c1. The lowest BCUT2D eigenvalue weighted by Crippen LogP contribution is -2.29. The Morgan fingerprint density at radius 3 is 2.42 bits per heavy atom. The van der Waals surface area contributed by atoms with Crippen molar-refractivity contribution in [3.05, 3.63) is 95.6 Å². The standard InChI is InChI=1S/C26H23BF4N4O4S/c1-27(37)32-15-16-6-5-7-18(12-16)35-22(14-24(34-35)26(29,30)31)25(36)33-21-11-10-17(13-20(21)28)19-8-3-4-9-23(19)40(2,38)39/h3-14,32,37H,15H2,1-2H3,(H,33,36). The first-order chi connectivity index (χ1) is 18.7. The second kappa shape index (κ2) is 11.2. The molecule has 1 aromatic heterocycles. The number of halogens is 4. The number of anilines is 1. The van der Waals surface area contributed by atoms with Gasteiger partial charge in [-0.05, 0) is 48.3 Å². The van der Waals surface area contributed by atoms with Crippen LogP contribution in [-0.2, 0) is 22.6 Å². The first-order valence-electron chi connectivity index (χ1n) is 11.8. The minimum atomic E-state index is -4.86. The van der Waals surface area contributed by atoms with Gasteiger partial charge in [-0.3, -0.25) is 4.79 Å². The highest BCUT2D eigenvalue weighted by atomic mass is 32.2. The minimum Gasteiger partial charge on any atom is -0.437 e. The Bertz CT molecular complexity index is 1670. The molecule has 0 aliphatic heterocycles. The summed E-state index contributed by atoms with van der Waals surface area (Å²) in [6, 6.07) is 16.3. The van der Waals surface area contributed by atoms with Crippen LogP contribution in [-0.4, -0.2) is 42.4 Å². The van der Waals surface area contributed by atoms with Gasteiger partial charge in [-0.25, -0.2) is 17.5 Å². The molecule has 0 saturated heterocycles. The fourth-order valence-corrected chi connectivity index (χ4v) is 4.85. The van der Waals surface area contributed by atoms with E-state index in [4.69, 9.17) is 0 Å². The van der Waals surface area contributed by atoms with Crippen molar-refractivity contribution in [3.63, 3.8) is 0 Å². The molecule has 1 heterocycles. The number of carbonyl (C=O) groups excluding carboxylic acids is 1. The summed E-state index contributed by atoms with van der Waals surface area (Å²) in [6.45, 7) is 1.70. The molecule has 8 nitrogen and oxygen atoms in total. The monoisotopic (exact) mass is 574 g/mol. The van der Waals surface area contributed by atoms with E-state index in [0.29, 0.717) is 11.6 Å². The van der Waals surface area contributed by atoms with Crippen molar-refractivity contribution in [2.75, 3.05) is 11.6 Å². The number of sulfone groups is 1. The van der Waals surface area contributed by atoms with Crippen LogP contribution >= 0.6 is 0 Å². The molecule has 0 atom stereocenters. The van der Waals surface area contributed by atoms with Gasteiger partial charge in [-0.2, -0.15) is 18.3 Å². The molecule has 1 amide bonds. The maximum atomic E-state index is 15.1. The largest absolute Gasteiger partial charge is 0.437 e. The van der Waals surface area contributed by atoms with E-state index in [1.165, 1.54) is 49.3 Å². The van der Waals surface area contributed by atoms with Crippen molar-refractivity contribution < 1.29 is 35.8 Å². The third-order valence-electron chi connectivity index (χ3n) is 5.80. The maximum Gasteiger partial charge on any atom is 0.435 e. The van der Waals surface area contributed by atoms with Gasteiger partial charge in [0.05, 0.1) is 16.3 Å². The summed E-state index contributed by atoms with van der Waals surface area (Å²) in [5.41, 5.74) is -0.939. The molecule has 0 unspecified atom stereocenters. The van der Waals surface area contributed by atoms with Crippen LogP contribution < -0.4 is 10.5 Å². The predicted octanol–water partition coefficient (Wildman–Crippen LogP) is 4.55. The zero-order valence-electron chi connectivity index (χ0n) is 21.2. The molecule has 3 aromatic carbocycles. The third kappa shape index (κ3) is 6.58. The topological polar surface area (TPSA) is 113 Å². The Morgan fingerprint density at radius 2 is 1.77 bits per heavy atom. The van der Waals surface area contributed by atoms with Crippen LogP contribution in [0.3, 0.4) is 0 Å². The van der Waals surface area contributed by atoms with Gasteiger partial charge >= 0.3 is 13.2 Å². The van der Waals surface area contributed by atoms with Crippen molar-refractivity contribution in [3.8, 4) is 16.8 Å². The Kier molecular flexibility index (Phi) is 8.14. The highest BCUT2D eigenvalue weighted by Crippen LogP contribution is 2.32. The third-order valence-corrected chi connectivity index (χ3v) is 6.96. The normalized spacial score (nSPS) is 11.9. The van der Waals surface area contributed by atoms with Crippen molar-refractivity contribution in [1.29, 1.82) is 0 Å². The van der Waals surface area contributed by atoms with Gasteiger partial charge in [-0.1, -0.05) is 36.4 Å². The minimum absolute atomic E-state index is 0.0133. The van der Waals surface area contributed by atoms with Gasteiger partial charge in [0.25, 0.3) is 5.91 Å². The summed E-state index contributed by atoms with van der Waals surface area (Å²) in [5.74, 6) is -1.99. The van der Waals surface area contributed by atoms with Crippen LogP contribution in [0.1, 0.15) is 21.7 Å². The number of nitrogens with one attached hydrogen (secondary N) is 2. The van der Waals surface area contributed by atoms with Gasteiger partial charge < -0.3 is 15.6 Å². The summed E-state index contributed by atoms with van der Waals surface area (Å²) in [7, 11) is -4.45. The van der Waals surface area contributed by atoms with E-state index < -0.39 is 46.2 Å². The smallest absolute Gasteiger partial charge is 0.435 e. The summed E-state index contributed by atoms with van der Waals surface area (Å²) in [6.07, 6.45) is -3.83. The molecule has 208 valence electrons. The molecule has 0 saturated carbocycles. The van der Waals surface area contributed by atoms with Crippen LogP contribution in [0.25, 0.3) is 16.8 Å². The Balaban J connectivity index is 1.68. The Hall–Kier alpha value is -4.01. The van der Waals surface area contributed by atoms with Gasteiger partial charge in [-0.15, -0.1) is 0 Å². The van der Waals surface area contributed by atoms with Crippen molar-refractivity contribution >= 4 is 28.5 Å². The lowest BCUT2D eigenvalue weighted by molar-refractivity contribution is -0.141. The molecular formula is C26H23BF4N4O4S. The van der Waals surface area contributed by atoms with E-state index >= 15 is 4.39 Å².